The second kappa shape index (κ2) is 1.33. The summed E-state index contributed by atoms with van der Waals surface area (Å²) in [5.74, 6) is 0. The second-order valence-electron chi connectivity index (χ2n) is 1.44. The van der Waals surface area contributed by atoms with Gasteiger partial charge in [0.25, 0.3) is 0 Å². The average Bonchev–Trinajstić information content (AvgIpc) is 1.91. The topological polar surface area (TPSA) is 38.9 Å². The van der Waals surface area contributed by atoms with Crippen LogP contribution in [0.3, 0.4) is 0 Å². The first kappa shape index (κ1) is 4.30. The molecule has 0 fully saturated rings. The molecule has 0 radical (unpaired) electrons. The zero-order valence-corrected chi connectivity index (χ0v) is 4.30. The largest absolute Gasteiger partial charge is 0.244 e. The summed E-state index contributed by atoms with van der Waals surface area (Å²) >= 11 is 0. The van der Waals surface area contributed by atoms with E-state index < -0.39 is 0 Å². The van der Waals surface area contributed by atoms with Crippen LogP contribution in [0.2, 0.25) is 0 Å². The van der Waals surface area contributed by atoms with E-state index in [0.29, 0.717) is 0 Å². The minimum absolute atomic E-state index is 0.861. The first-order valence-corrected chi connectivity index (χ1v) is 2.06. The standard InChI is InChI=1S/C4H6N2O/c1-3-4(2)6-7-5-3/h1-2H3. The zero-order valence-electron chi connectivity index (χ0n) is 4.30. The molecule has 0 aromatic carbocycles. The summed E-state index contributed by atoms with van der Waals surface area (Å²) in [6, 6.07) is 0. The Balaban J connectivity index is 3.12. The van der Waals surface area contributed by atoms with Crippen molar-refractivity contribution in [3.63, 3.8) is 0 Å². The minimum Gasteiger partial charge on any atom is -0.244 e. The molecule has 38 valence electrons. The van der Waals surface area contributed by atoms with Crippen LogP contribution in [0.5, 0.6) is 0 Å². The molecule has 1 aromatic rings. The summed E-state index contributed by atoms with van der Waals surface area (Å²) in [6.45, 7) is 3.71. The van der Waals surface area contributed by atoms with Crippen LogP contribution >= 0.6 is 0 Å². The molecule has 0 unspecified atom stereocenters. The average molecular weight is 98.1 g/mol. The van der Waals surface area contributed by atoms with Crippen LogP contribution in [0, 0.1) is 13.8 Å². The molecular weight excluding hydrogens is 92.1 g/mol. The summed E-state index contributed by atoms with van der Waals surface area (Å²) in [5.41, 5.74) is 1.72. The molecule has 0 N–H and O–H groups in total. The van der Waals surface area contributed by atoms with Gasteiger partial charge in [-0.05, 0) is 13.8 Å². The van der Waals surface area contributed by atoms with Gasteiger partial charge in [-0.1, -0.05) is 10.3 Å². The number of aryl methyl sites for hydroxylation is 2. The maximum atomic E-state index is 4.34. The van der Waals surface area contributed by atoms with Gasteiger partial charge in [-0.25, -0.2) is 4.63 Å². The van der Waals surface area contributed by atoms with Crippen molar-refractivity contribution < 1.29 is 4.63 Å². The molecule has 7 heavy (non-hydrogen) atoms. The fourth-order valence-electron chi connectivity index (χ4n) is 0.275. The fraction of sp³-hybridized carbons (Fsp3) is 0.500. The Kier molecular flexibility index (Phi) is 0.817. The molecular formula is C4H6N2O. The number of aromatic nitrogens is 2. The second-order valence-corrected chi connectivity index (χ2v) is 1.44. The Hall–Kier alpha value is -0.860. The third-order valence-electron chi connectivity index (χ3n) is 0.879. The Labute approximate surface area is 41.3 Å². The van der Waals surface area contributed by atoms with Crippen molar-refractivity contribution >= 4 is 0 Å². The molecule has 0 saturated heterocycles. The lowest BCUT2D eigenvalue weighted by Gasteiger charge is -1.71. The van der Waals surface area contributed by atoms with Crippen LogP contribution in [-0.4, -0.2) is 10.3 Å². The van der Waals surface area contributed by atoms with E-state index >= 15 is 0 Å². The molecule has 3 heteroatoms. The van der Waals surface area contributed by atoms with Crippen molar-refractivity contribution in [1.29, 1.82) is 0 Å². The van der Waals surface area contributed by atoms with Gasteiger partial charge >= 0.3 is 0 Å². The van der Waals surface area contributed by atoms with Crippen LogP contribution < -0.4 is 0 Å². The van der Waals surface area contributed by atoms with Gasteiger partial charge in [0.15, 0.2) is 0 Å². The van der Waals surface area contributed by atoms with Gasteiger partial charge in [-0.15, -0.1) is 0 Å². The Bertz CT molecular complexity index is 142. The lowest BCUT2D eigenvalue weighted by Crippen LogP contribution is -1.71. The van der Waals surface area contributed by atoms with E-state index in [-0.39, 0.29) is 0 Å². The highest BCUT2D eigenvalue weighted by atomic mass is 16.6. The summed E-state index contributed by atoms with van der Waals surface area (Å²) in [6.07, 6.45) is 0. The zero-order chi connectivity index (χ0) is 5.28. The van der Waals surface area contributed by atoms with Gasteiger partial charge in [0.1, 0.15) is 11.4 Å². The van der Waals surface area contributed by atoms with Crippen molar-refractivity contribution in [2.75, 3.05) is 0 Å². The predicted octanol–water partition coefficient (Wildman–Crippen LogP) is 0.686. The normalized spacial score (nSPS) is 9.43. The van der Waals surface area contributed by atoms with Crippen molar-refractivity contribution in [2.24, 2.45) is 0 Å². The summed E-state index contributed by atoms with van der Waals surface area (Å²) in [5, 5.41) is 7.06. The first-order chi connectivity index (χ1) is 3.30. The first-order valence-electron chi connectivity index (χ1n) is 2.06. The molecule has 1 rings (SSSR count). The molecule has 0 bridgehead atoms. The van der Waals surface area contributed by atoms with E-state index in [1.807, 2.05) is 13.8 Å². The number of nitrogens with zero attached hydrogens (tertiary/aromatic N) is 2. The van der Waals surface area contributed by atoms with Crippen molar-refractivity contribution in [2.45, 2.75) is 13.8 Å². The molecule has 0 aliphatic heterocycles. The van der Waals surface area contributed by atoms with Gasteiger partial charge in [0.2, 0.25) is 0 Å². The van der Waals surface area contributed by atoms with E-state index in [4.69, 9.17) is 0 Å². The van der Waals surface area contributed by atoms with Crippen molar-refractivity contribution in [3.05, 3.63) is 11.4 Å². The lowest BCUT2D eigenvalue weighted by atomic mass is 10.4. The van der Waals surface area contributed by atoms with E-state index in [1.54, 1.807) is 0 Å². The highest BCUT2D eigenvalue weighted by Gasteiger charge is 1.93. The SMILES string of the molecule is Cc1nonc1C. The van der Waals surface area contributed by atoms with Crippen molar-refractivity contribution in [3.8, 4) is 0 Å². The van der Waals surface area contributed by atoms with E-state index in [2.05, 4.69) is 14.9 Å². The molecule has 0 amide bonds. The molecule has 0 aliphatic rings. The molecule has 3 nitrogen and oxygen atoms in total. The Morgan fingerprint density at radius 2 is 1.57 bits per heavy atom. The van der Waals surface area contributed by atoms with Gasteiger partial charge in [-0.3, -0.25) is 0 Å². The summed E-state index contributed by atoms with van der Waals surface area (Å²) < 4.78 is 4.34. The molecule has 0 aliphatic carbocycles. The monoisotopic (exact) mass is 98.0 g/mol. The minimum atomic E-state index is 0.861. The third-order valence-corrected chi connectivity index (χ3v) is 0.879. The molecule has 0 saturated carbocycles. The molecule has 0 atom stereocenters. The fourth-order valence-corrected chi connectivity index (χ4v) is 0.275. The van der Waals surface area contributed by atoms with Crippen molar-refractivity contribution in [1.82, 2.24) is 10.3 Å². The third kappa shape index (κ3) is 0.607. The summed E-state index contributed by atoms with van der Waals surface area (Å²) in [4.78, 5) is 0. The van der Waals surface area contributed by atoms with Crippen LogP contribution in [0.4, 0.5) is 0 Å². The molecule has 1 heterocycles. The van der Waals surface area contributed by atoms with Crippen LogP contribution in [0.25, 0.3) is 0 Å². The smallest absolute Gasteiger partial charge is 0.104 e. The van der Waals surface area contributed by atoms with Crippen LogP contribution in [0.1, 0.15) is 11.4 Å². The number of hydrogen-bond acceptors (Lipinski definition) is 3. The quantitative estimate of drug-likeness (QED) is 0.479. The lowest BCUT2D eigenvalue weighted by molar-refractivity contribution is 0.302. The highest BCUT2D eigenvalue weighted by molar-refractivity contribution is 5.00. The molecule has 1 aromatic heterocycles. The van der Waals surface area contributed by atoms with E-state index in [9.17, 15) is 0 Å². The van der Waals surface area contributed by atoms with Crippen LogP contribution in [0.15, 0.2) is 4.63 Å². The van der Waals surface area contributed by atoms with Gasteiger partial charge < -0.3 is 0 Å². The Morgan fingerprint density at radius 3 is 1.71 bits per heavy atom. The maximum Gasteiger partial charge on any atom is 0.104 e. The van der Waals surface area contributed by atoms with Gasteiger partial charge in [0, 0.05) is 0 Å². The van der Waals surface area contributed by atoms with E-state index in [1.165, 1.54) is 0 Å². The predicted molar refractivity (Wildman–Crippen MR) is 23.8 cm³/mol. The molecule has 0 spiro atoms. The number of hydrogen-bond donors (Lipinski definition) is 0. The maximum absolute atomic E-state index is 4.34. The Morgan fingerprint density at radius 1 is 1.14 bits per heavy atom. The van der Waals surface area contributed by atoms with E-state index in [0.717, 1.165) is 11.4 Å². The van der Waals surface area contributed by atoms with Gasteiger partial charge in [0.05, 0.1) is 0 Å². The highest BCUT2D eigenvalue weighted by Crippen LogP contribution is 1.94. The summed E-state index contributed by atoms with van der Waals surface area (Å²) in [7, 11) is 0. The number of rotatable bonds is 0. The van der Waals surface area contributed by atoms with Gasteiger partial charge in [-0.2, -0.15) is 0 Å². The van der Waals surface area contributed by atoms with Crippen LogP contribution in [-0.2, 0) is 0 Å².